The van der Waals surface area contributed by atoms with Crippen LogP contribution in [0.15, 0.2) is 71.4 Å². The highest BCUT2D eigenvalue weighted by atomic mass is 32.2. The number of allylic oxidation sites excluding steroid dienone is 5. The molecular weight excluding hydrogens is 651 g/mol. The van der Waals surface area contributed by atoms with Crippen LogP contribution in [0, 0.1) is 18.3 Å². The summed E-state index contributed by atoms with van der Waals surface area (Å²) in [4.78, 5) is 33.4. The zero-order valence-corrected chi connectivity index (χ0v) is 30.5. The van der Waals surface area contributed by atoms with Gasteiger partial charge in [-0.05, 0) is 86.2 Å². The van der Waals surface area contributed by atoms with Crippen molar-refractivity contribution in [3.8, 4) is 5.88 Å². The van der Waals surface area contributed by atoms with Gasteiger partial charge in [-0.3, -0.25) is 4.72 Å². The SMILES string of the molecule is C/C=C/C=C\C(=C\c1nc(NSc2cccc(C(=O)O)c2)nc(OC[C@@H](CC(C)(C)C)NCc2ncc(N3CCOCC3)cn2)c1C)C1CC1. The molecule has 1 aliphatic heterocycles. The molecule has 12 heteroatoms. The number of nitrogens with one attached hydrogen (secondary N) is 2. The number of benzene rings is 1. The summed E-state index contributed by atoms with van der Waals surface area (Å²) in [7, 11) is 0. The predicted molar refractivity (Wildman–Crippen MR) is 200 cm³/mol. The second kappa shape index (κ2) is 17.6. The topological polar surface area (TPSA) is 135 Å². The molecule has 11 nitrogen and oxygen atoms in total. The van der Waals surface area contributed by atoms with Crippen LogP contribution in [0.4, 0.5) is 11.6 Å². The Morgan fingerprint density at radius 3 is 2.60 bits per heavy atom. The molecule has 1 saturated carbocycles. The van der Waals surface area contributed by atoms with Gasteiger partial charge in [-0.1, -0.05) is 51.1 Å². The molecule has 0 spiro atoms. The molecule has 1 atom stereocenters. The molecule has 5 rings (SSSR count). The van der Waals surface area contributed by atoms with Gasteiger partial charge in [0, 0.05) is 29.6 Å². The summed E-state index contributed by atoms with van der Waals surface area (Å²) in [6, 6.07) is 6.75. The van der Waals surface area contributed by atoms with E-state index in [0.717, 1.165) is 60.0 Å². The van der Waals surface area contributed by atoms with Gasteiger partial charge in [0.25, 0.3) is 0 Å². The van der Waals surface area contributed by atoms with Gasteiger partial charge in [0.1, 0.15) is 12.4 Å². The molecule has 50 heavy (non-hydrogen) atoms. The van der Waals surface area contributed by atoms with Gasteiger partial charge in [0.05, 0.1) is 49.1 Å². The minimum Gasteiger partial charge on any atom is -0.478 e. The van der Waals surface area contributed by atoms with Gasteiger partial charge in [-0.25, -0.2) is 19.7 Å². The molecule has 3 N–H and O–H groups in total. The lowest BCUT2D eigenvalue weighted by molar-refractivity contribution is 0.0696. The van der Waals surface area contributed by atoms with Crippen LogP contribution >= 0.6 is 11.9 Å². The van der Waals surface area contributed by atoms with Gasteiger partial charge >= 0.3 is 5.97 Å². The normalized spacial score (nSPS) is 16.3. The third-order valence-corrected chi connectivity index (χ3v) is 9.10. The Morgan fingerprint density at radius 2 is 1.92 bits per heavy atom. The molecule has 1 saturated heterocycles. The van der Waals surface area contributed by atoms with Crippen LogP contribution in [-0.4, -0.2) is 70.0 Å². The molecule has 0 radical (unpaired) electrons. The maximum absolute atomic E-state index is 11.5. The van der Waals surface area contributed by atoms with Crippen LogP contribution in [0.25, 0.3) is 6.08 Å². The van der Waals surface area contributed by atoms with Crippen LogP contribution in [0.3, 0.4) is 0 Å². The lowest BCUT2D eigenvalue weighted by Gasteiger charge is -2.28. The number of ether oxygens (including phenoxy) is 2. The Hall–Kier alpha value is -4.26. The largest absolute Gasteiger partial charge is 0.478 e. The van der Waals surface area contributed by atoms with E-state index in [9.17, 15) is 9.90 Å². The first kappa shape index (κ1) is 37.0. The number of aromatic carboxylic acids is 1. The van der Waals surface area contributed by atoms with Crippen molar-refractivity contribution in [2.75, 3.05) is 42.5 Å². The minimum atomic E-state index is -0.976. The Balaban J connectivity index is 1.35. The van der Waals surface area contributed by atoms with Crippen molar-refractivity contribution in [1.82, 2.24) is 25.3 Å². The number of carbonyl (C=O) groups is 1. The molecule has 0 unspecified atom stereocenters. The van der Waals surface area contributed by atoms with Crippen LogP contribution in [-0.2, 0) is 11.3 Å². The fourth-order valence-electron chi connectivity index (χ4n) is 5.56. The standard InChI is InChI=1S/C38H49N7O4S/c1-6-7-8-10-28(27-13-14-27)20-33-26(2)35(43-37(42-33)44-50-32-12-9-11-29(19-32)36(46)47)49-25-30(21-38(3,4)5)39-24-34-40-22-31(23-41-34)45-15-17-48-18-16-45/h6-12,19-20,22-23,27,30,39H,13-18,21,24-25H2,1-5H3,(H,46,47)(H,42,43,44)/b7-6+,10-8-,28-20-/t30-/m1/s1. The lowest BCUT2D eigenvalue weighted by atomic mass is 9.88. The molecule has 0 bridgehead atoms. The molecular formula is C38H49N7O4S. The Labute approximate surface area is 299 Å². The first-order valence-electron chi connectivity index (χ1n) is 17.2. The van der Waals surface area contributed by atoms with E-state index in [4.69, 9.17) is 19.4 Å². The van der Waals surface area contributed by atoms with Crippen LogP contribution in [0.5, 0.6) is 5.88 Å². The first-order chi connectivity index (χ1) is 24.1. The van der Waals surface area contributed by atoms with Gasteiger partial charge in [-0.2, -0.15) is 4.98 Å². The van der Waals surface area contributed by atoms with E-state index < -0.39 is 5.97 Å². The van der Waals surface area contributed by atoms with Gasteiger partial charge in [-0.15, -0.1) is 0 Å². The highest BCUT2D eigenvalue weighted by Crippen LogP contribution is 2.39. The number of hydrogen-bond donors (Lipinski definition) is 3. The number of nitrogens with zero attached hydrogens (tertiary/aromatic N) is 5. The Bertz CT molecular complexity index is 1680. The summed E-state index contributed by atoms with van der Waals surface area (Å²) in [6.45, 7) is 14.6. The van der Waals surface area contributed by atoms with Crippen molar-refractivity contribution < 1.29 is 19.4 Å². The quantitative estimate of drug-likeness (QED) is 0.104. The molecule has 1 aliphatic carbocycles. The average Bonchev–Trinajstić information content (AvgIpc) is 3.95. The average molecular weight is 700 g/mol. The number of rotatable bonds is 16. The van der Waals surface area contributed by atoms with Crippen molar-refractivity contribution >= 4 is 35.6 Å². The molecule has 266 valence electrons. The molecule has 3 aromatic rings. The number of morpholine rings is 1. The zero-order valence-electron chi connectivity index (χ0n) is 29.7. The van der Waals surface area contributed by atoms with Crippen molar-refractivity contribution in [2.45, 2.75) is 71.4 Å². The van der Waals surface area contributed by atoms with E-state index >= 15 is 0 Å². The number of carboxylic acids is 1. The van der Waals surface area contributed by atoms with E-state index in [-0.39, 0.29) is 17.0 Å². The van der Waals surface area contributed by atoms with Crippen molar-refractivity contribution in [1.29, 1.82) is 0 Å². The molecule has 1 aromatic carbocycles. The second-order valence-electron chi connectivity index (χ2n) is 13.8. The van der Waals surface area contributed by atoms with E-state index in [1.165, 1.54) is 17.5 Å². The molecule has 0 amide bonds. The zero-order chi connectivity index (χ0) is 35.5. The maximum Gasteiger partial charge on any atom is 0.335 e. The van der Waals surface area contributed by atoms with E-state index in [0.29, 0.717) is 44.1 Å². The van der Waals surface area contributed by atoms with E-state index in [2.05, 4.69) is 63.9 Å². The smallest absolute Gasteiger partial charge is 0.335 e. The predicted octanol–water partition coefficient (Wildman–Crippen LogP) is 7.13. The Kier molecular flexibility index (Phi) is 13.0. The highest BCUT2D eigenvalue weighted by Gasteiger charge is 2.26. The summed E-state index contributed by atoms with van der Waals surface area (Å²) >= 11 is 1.26. The minimum absolute atomic E-state index is 0.00112. The van der Waals surface area contributed by atoms with Crippen molar-refractivity contribution in [3.63, 3.8) is 0 Å². The Morgan fingerprint density at radius 1 is 1.16 bits per heavy atom. The van der Waals surface area contributed by atoms with Crippen LogP contribution < -0.4 is 19.7 Å². The third-order valence-electron chi connectivity index (χ3n) is 8.32. The fourth-order valence-corrected chi connectivity index (χ4v) is 6.19. The number of carboxylic acid groups (broad SMARTS) is 1. The van der Waals surface area contributed by atoms with Crippen molar-refractivity contribution in [3.05, 3.63) is 89.2 Å². The first-order valence-corrected chi connectivity index (χ1v) is 18.0. The summed E-state index contributed by atoms with van der Waals surface area (Å²) in [5.74, 6) is 1.12. The molecule has 3 heterocycles. The van der Waals surface area contributed by atoms with Crippen LogP contribution in [0.2, 0.25) is 0 Å². The van der Waals surface area contributed by atoms with Gasteiger partial charge < -0.3 is 24.8 Å². The summed E-state index contributed by atoms with van der Waals surface area (Å²) in [5.41, 5.74) is 4.11. The van der Waals surface area contributed by atoms with E-state index in [1.54, 1.807) is 18.2 Å². The van der Waals surface area contributed by atoms with Crippen LogP contribution in [0.1, 0.15) is 74.4 Å². The molecule has 2 aromatic heterocycles. The molecule has 2 fully saturated rings. The van der Waals surface area contributed by atoms with E-state index in [1.807, 2.05) is 44.5 Å². The van der Waals surface area contributed by atoms with Gasteiger partial charge in [0.15, 0.2) is 0 Å². The number of anilines is 2. The number of aromatic nitrogens is 4. The number of hydrogen-bond acceptors (Lipinski definition) is 11. The second-order valence-corrected chi connectivity index (χ2v) is 14.7. The lowest BCUT2D eigenvalue weighted by Crippen LogP contribution is -2.38. The summed E-state index contributed by atoms with van der Waals surface area (Å²) in [6.07, 6.45) is 17.3. The summed E-state index contributed by atoms with van der Waals surface area (Å²) < 4.78 is 15.2. The maximum atomic E-state index is 11.5. The van der Waals surface area contributed by atoms with Crippen molar-refractivity contribution in [2.24, 2.45) is 11.3 Å². The monoisotopic (exact) mass is 699 g/mol. The fraction of sp³-hybridized carbons (Fsp3) is 0.447. The molecule has 2 aliphatic rings. The summed E-state index contributed by atoms with van der Waals surface area (Å²) in [5, 5.41) is 13.1. The highest BCUT2D eigenvalue weighted by molar-refractivity contribution is 8.00. The van der Waals surface area contributed by atoms with Gasteiger partial charge in [0.2, 0.25) is 11.8 Å². The third kappa shape index (κ3) is 11.4.